The standard InChI is InChI=1S/C20H24FNO5S/c1-4-15(2)22(20(23)14-26-3)13-16-7-5-6-8-19(16)27-28(24,25)18-11-9-17(21)10-12-18/h5-12,15H,4,13-14H2,1-3H3/t15-/m1/s1. The first-order chi connectivity index (χ1) is 13.3. The Labute approximate surface area is 165 Å². The van der Waals surface area contributed by atoms with E-state index in [1.54, 1.807) is 23.1 Å². The second-order valence-electron chi connectivity index (χ2n) is 6.31. The second-order valence-corrected chi connectivity index (χ2v) is 7.86. The predicted octanol–water partition coefficient (Wildman–Crippen LogP) is 3.37. The van der Waals surface area contributed by atoms with Crippen molar-refractivity contribution >= 4 is 16.0 Å². The highest BCUT2D eigenvalue weighted by atomic mass is 32.2. The Bertz CT molecular complexity index is 899. The Balaban J connectivity index is 2.31. The fourth-order valence-electron chi connectivity index (χ4n) is 2.58. The molecule has 8 heteroatoms. The Morgan fingerprint density at radius 1 is 1.14 bits per heavy atom. The zero-order chi connectivity index (χ0) is 20.7. The van der Waals surface area contributed by atoms with Crippen LogP contribution in [-0.4, -0.2) is 39.0 Å². The van der Waals surface area contributed by atoms with Crippen molar-refractivity contribution in [3.8, 4) is 5.75 Å². The van der Waals surface area contributed by atoms with Crippen LogP contribution >= 0.6 is 0 Å². The Hall–Kier alpha value is -2.45. The lowest BCUT2D eigenvalue weighted by molar-refractivity contribution is -0.138. The third kappa shape index (κ3) is 5.53. The molecule has 0 saturated heterocycles. The Morgan fingerprint density at radius 2 is 1.79 bits per heavy atom. The number of rotatable bonds is 9. The molecule has 2 rings (SSSR count). The number of carbonyl (C=O) groups is 1. The van der Waals surface area contributed by atoms with Crippen LogP contribution in [0.15, 0.2) is 53.4 Å². The van der Waals surface area contributed by atoms with Crippen molar-refractivity contribution in [2.75, 3.05) is 13.7 Å². The van der Waals surface area contributed by atoms with Gasteiger partial charge in [-0.25, -0.2) is 4.39 Å². The molecular weight excluding hydrogens is 385 g/mol. The number of hydrogen-bond donors (Lipinski definition) is 0. The van der Waals surface area contributed by atoms with E-state index in [1.165, 1.54) is 13.2 Å². The third-order valence-corrected chi connectivity index (χ3v) is 5.57. The first-order valence-corrected chi connectivity index (χ1v) is 10.3. The average molecular weight is 409 g/mol. The number of benzene rings is 2. The molecule has 1 amide bonds. The summed E-state index contributed by atoms with van der Waals surface area (Å²) < 4.78 is 48.4. The fourth-order valence-corrected chi connectivity index (χ4v) is 3.55. The molecule has 0 spiro atoms. The van der Waals surface area contributed by atoms with Crippen LogP contribution in [0.25, 0.3) is 0 Å². The number of carbonyl (C=O) groups excluding carboxylic acids is 1. The predicted molar refractivity (Wildman–Crippen MR) is 103 cm³/mol. The summed E-state index contributed by atoms with van der Waals surface area (Å²) >= 11 is 0. The molecule has 2 aromatic rings. The molecule has 28 heavy (non-hydrogen) atoms. The highest BCUT2D eigenvalue weighted by Crippen LogP contribution is 2.25. The Morgan fingerprint density at radius 3 is 2.39 bits per heavy atom. The highest BCUT2D eigenvalue weighted by molar-refractivity contribution is 7.87. The lowest BCUT2D eigenvalue weighted by Crippen LogP contribution is -2.40. The molecule has 1 atom stereocenters. The number of amides is 1. The van der Waals surface area contributed by atoms with E-state index in [0.717, 1.165) is 30.7 Å². The quantitative estimate of drug-likeness (QED) is 0.594. The van der Waals surface area contributed by atoms with Crippen molar-refractivity contribution in [2.45, 2.75) is 37.8 Å². The lowest BCUT2D eigenvalue weighted by Gasteiger charge is -2.29. The number of halogens is 1. The summed E-state index contributed by atoms with van der Waals surface area (Å²) in [6.07, 6.45) is 0.729. The molecule has 152 valence electrons. The zero-order valence-electron chi connectivity index (χ0n) is 16.1. The molecule has 0 bridgehead atoms. The normalized spacial score (nSPS) is 12.4. The van der Waals surface area contributed by atoms with E-state index in [9.17, 15) is 17.6 Å². The van der Waals surface area contributed by atoms with Gasteiger partial charge in [0.2, 0.25) is 5.91 Å². The van der Waals surface area contributed by atoms with E-state index in [4.69, 9.17) is 8.92 Å². The molecule has 0 aliphatic carbocycles. The number of nitrogens with zero attached hydrogens (tertiary/aromatic N) is 1. The molecule has 6 nitrogen and oxygen atoms in total. The summed E-state index contributed by atoms with van der Waals surface area (Å²) in [5.74, 6) is -0.626. The maximum absolute atomic E-state index is 13.1. The molecular formula is C20H24FNO5S. The van der Waals surface area contributed by atoms with Crippen LogP contribution in [0.2, 0.25) is 0 Å². The smallest absolute Gasteiger partial charge is 0.339 e. The van der Waals surface area contributed by atoms with Gasteiger partial charge in [0.1, 0.15) is 23.1 Å². The van der Waals surface area contributed by atoms with E-state index in [-0.39, 0.29) is 35.7 Å². The van der Waals surface area contributed by atoms with Gasteiger partial charge in [-0.05, 0) is 43.7 Å². The number of para-hydroxylation sites is 1. The van der Waals surface area contributed by atoms with E-state index >= 15 is 0 Å². The number of ether oxygens (including phenoxy) is 1. The van der Waals surface area contributed by atoms with Gasteiger partial charge in [0.15, 0.2) is 0 Å². The third-order valence-electron chi connectivity index (χ3n) is 4.33. The van der Waals surface area contributed by atoms with Gasteiger partial charge in [-0.2, -0.15) is 8.42 Å². The van der Waals surface area contributed by atoms with Crippen LogP contribution in [0.4, 0.5) is 4.39 Å². The van der Waals surface area contributed by atoms with Gasteiger partial charge in [-0.3, -0.25) is 4.79 Å². The largest absolute Gasteiger partial charge is 0.379 e. The first-order valence-electron chi connectivity index (χ1n) is 8.84. The molecule has 0 aliphatic heterocycles. The summed E-state index contributed by atoms with van der Waals surface area (Å²) in [6.45, 7) is 3.97. The van der Waals surface area contributed by atoms with Crippen LogP contribution in [0, 0.1) is 5.82 Å². The van der Waals surface area contributed by atoms with Gasteiger partial charge in [0, 0.05) is 25.3 Å². The second kappa shape index (κ2) is 9.66. The van der Waals surface area contributed by atoms with Crippen LogP contribution < -0.4 is 4.18 Å². The Kier molecular flexibility index (Phi) is 7.53. The molecule has 0 unspecified atom stereocenters. The minimum atomic E-state index is -4.14. The molecule has 0 N–H and O–H groups in total. The van der Waals surface area contributed by atoms with Gasteiger partial charge < -0.3 is 13.8 Å². The van der Waals surface area contributed by atoms with E-state index in [2.05, 4.69) is 0 Å². The number of methoxy groups -OCH3 is 1. The first kappa shape index (κ1) is 21.8. The van der Waals surface area contributed by atoms with Gasteiger partial charge in [-0.15, -0.1) is 0 Å². The van der Waals surface area contributed by atoms with E-state index in [1.807, 2.05) is 13.8 Å². The minimum absolute atomic E-state index is 0.0654. The lowest BCUT2D eigenvalue weighted by atomic mass is 10.1. The molecule has 0 aromatic heterocycles. The van der Waals surface area contributed by atoms with Crippen molar-refractivity contribution in [2.24, 2.45) is 0 Å². The van der Waals surface area contributed by atoms with Crippen LogP contribution in [0.1, 0.15) is 25.8 Å². The van der Waals surface area contributed by atoms with Crippen LogP contribution in [0.3, 0.4) is 0 Å². The molecule has 0 fully saturated rings. The summed E-state index contributed by atoms with van der Waals surface area (Å²) in [4.78, 5) is 13.9. The maximum Gasteiger partial charge on any atom is 0.339 e. The summed E-state index contributed by atoms with van der Waals surface area (Å²) in [5.41, 5.74) is 0.540. The number of hydrogen-bond acceptors (Lipinski definition) is 5. The van der Waals surface area contributed by atoms with Crippen LogP contribution in [0.5, 0.6) is 5.75 Å². The molecule has 0 aliphatic rings. The molecule has 2 aromatic carbocycles. The summed E-state index contributed by atoms with van der Waals surface area (Å²) in [5, 5.41) is 0. The van der Waals surface area contributed by atoms with E-state index < -0.39 is 15.9 Å². The van der Waals surface area contributed by atoms with Crippen molar-refractivity contribution < 1.29 is 26.5 Å². The van der Waals surface area contributed by atoms with Crippen molar-refractivity contribution in [3.63, 3.8) is 0 Å². The summed E-state index contributed by atoms with van der Waals surface area (Å²) in [6, 6.07) is 10.9. The maximum atomic E-state index is 13.1. The van der Waals surface area contributed by atoms with Crippen molar-refractivity contribution in [3.05, 3.63) is 59.9 Å². The van der Waals surface area contributed by atoms with Gasteiger partial charge in [-0.1, -0.05) is 25.1 Å². The monoisotopic (exact) mass is 409 g/mol. The average Bonchev–Trinajstić information content (AvgIpc) is 2.67. The van der Waals surface area contributed by atoms with E-state index in [0.29, 0.717) is 5.56 Å². The molecule has 0 saturated carbocycles. The van der Waals surface area contributed by atoms with Crippen LogP contribution in [-0.2, 0) is 26.2 Å². The highest BCUT2D eigenvalue weighted by Gasteiger charge is 2.23. The van der Waals surface area contributed by atoms with Gasteiger partial charge >= 0.3 is 10.1 Å². The van der Waals surface area contributed by atoms with Crippen molar-refractivity contribution in [1.82, 2.24) is 4.90 Å². The molecule has 0 radical (unpaired) electrons. The fraction of sp³-hybridized carbons (Fsp3) is 0.350. The zero-order valence-corrected chi connectivity index (χ0v) is 16.9. The van der Waals surface area contributed by atoms with Crippen molar-refractivity contribution in [1.29, 1.82) is 0 Å². The van der Waals surface area contributed by atoms with Gasteiger partial charge in [0.05, 0.1) is 0 Å². The topological polar surface area (TPSA) is 72.9 Å². The SMILES string of the molecule is CC[C@@H](C)N(Cc1ccccc1OS(=O)(=O)c1ccc(F)cc1)C(=O)COC. The molecule has 0 heterocycles. The minimum Gasteiger partial charge on any atom is -0.379 e. The summed E-state index contributed by atoms with van der Waals surface area (Å²) in [7, 11) is -2.70. The van der Waals surface area contributed by atoms with Gasteiger partial charge in [0.25, 0.3) is 0 Å².